The van der Waals surface area contributed by atoms with E-state index in [9.17, 15) is 0 Å². The first-order valence-electron chi connectivity index (χ1n) is 10.4. The molecule has 3 nitrogen and oxygen atoms in total. The molecule has 0 bridgehead atoms. The molecule has 0 aliphatic heterocycles. The van der Waals surface area contributed by atoms with Gasteiger partial charge in [-0.25, -0.2) is 0 Å². The van der Waals surface area contributed by atoms with Gasteiger partial charge in [0, 0.05) is 0 Å². The Morgan fingerprint density at radius 1 is 0.929 bits per heavy atom. The fourth-order valence-corrected chi connectivity index (χ4v) is 3.19. The number of nitrogens with one attached hydrogen (secondary N) is 1. The molecule has 28 heavy (non-hydrogen) atoms. The fraction of sp³-hybridized carbons (Fsp3) is 0.458. The molecule has 0 aliphatic rings. The monoisotopic (exact) mass is 400 g/mol. The first-order valence-corrected chi connectivity index (χ1v) is 10.8. The van der Waals surface area contributed by atoms with Gasteiger partial charge < -0.3 is 4.74 Å². The molecule has 0 atom stereocenters. The second-order valence-electron chi connectivity index (χ2n) is 7.33. The van der Waals surface area contributed by atoms with E-state index in [0.717, 1.165) is 30.0 Å². The Bertz CT molecular complexity index is 758. The molecular weight excluding hydrogens is 368 g/mol. The van der Waals surface area contributed by atoms with Crippen LogP contribution in [0.25, 0.3) is 0 Å². The highest BCUT2D eigenvalue weighted by molar-refractivity contribution is 6.32. The van der Waals surface area contributed by atoms with E-state index in [1.54, 1.807) is 6.21 Å². The zero-order valence-electron chi connectivity index (χ0n) is 17.4. The third-order valence-electron chi connectivity index (χ3n) is 4.88. The van der Waals surface area contributed by atoms with Crippen LogP contribution in [0.1, 0.15) is 68.6 Å². The van der Waals surface area contributed by atoms with Gasteiger partial charge in [0.05, 0.1) is 23.5 Å². The van der Waals surface area contributed by atoms with Crippen LogP contribution in [-0.2, 0) is 0 Å². The largest absolute Gasteiger partial charge is 0.492 e. The number of ether oxygens (including phenoxy) is 1. The molecule has 0 saturated heterocycles. The Morgan fingerprint density at radius 3 is 2.39 bits per heavy atom. The predicted molar refractivity (Wildman–Crippen MR) is 122 cm³/mol. The van der Waals surface area contributed by atoms with Crippen LogP contribution < -0.4 is 10.2 Å². The van der Waals surface area contributed by atoms with Gasteiger partial charge in [-0.1, -0.05) is 63.1 Å². The molecule has 0 aromatic heterocycles. The molecule has 0 unspecified atom stereocenters. The van der Waals surface area contributed by atoms with Crippen LogP contribution in [-0.4, -0.2) is 12.8 Å². The van der Waals surface area contributed by atoms with E-state index in [4.69, 9.17) is 16.3 Å². The van der Waals surface area contributed by atoms with Crippen LogP contribution in [0.15, 0.2) is 41.5 Å². The van der Waals surface area contributed by atoms with Crippen LogP contribution in [0, 0.1) is 13.8 Å². The third-order valence-corrected chi connectivity index (χ3v) is 5.17. The maximum Gasteiger partial charge on any atom is 0.137 e. The van der Waals surface area contributed by atoms with Crippen molar-refractivity contribution in [3.63, 3.8) is 0 Å². The lowest BCUT2D eigenvalue weighted by molar-refractivity contribution is 0.304. The second-order valence-corrected chi connectivity index (χ2v) is 7.74. The van der Waals surface area contributed by atoms with Crippen molar-refractivity contribution in [2.75, 3.05) is 12.0 Å². The van der Waals surface area contributed by atoms with E-state index >= 15 is 0 Å². The van der Waals surface area contributed by atoms with E-state index in [0.29, 0.717) is 5.02 Å². The number of rotatable bonds is 12. The highest BCUT2D eigenvalue weighted by atomic mass is 35.5. The Kier molecular flexibility index (Phi) is 9.92. The molecule has 0 spiro atoms. The Hall–Kier alpha value is -2.00. The minimum Gasteiger partial charge on any atom is -0.492 e. The molecule has 0 heterocycles. The summed E-state index contributed by atoms with van der Waals surface area (Å²) in [5.41, 5.74) is 7.48. The Labute approximate surface area is 175 Å². The van der Waals surface area contributed by atoms with Crippen molar-refractivity contribution in [1.82, 2.24) is 0 Å². The summed E-state index contributed by atoms with van der Waals surface area (Å²) in [6, 6.07) is 12.0. The highest BCUT2D eigenvalue weighted by Gasteiger charge is 2.02. The van der Waals surface area contributed by atoms with Gasteiger partial charge in [0.15, 0.2) is 0 Å². The molecule has 1 N–H and O–H groups in total. The summed E-state index contributed by atoms with van der Waals surface area (Å²) in [5.74, 6) is 0.743. The zero-order valence-corrected chi connectivity index (χ0v) is 18.2. The summed E-state index contributed by atoms with van der Waals surface area (Å²) in [4.78, 5) is 0. The van der Waals surface area contributed by atoms with Crippen molar-refractivity contribution in [3.8, 4) is 5.75 Å². The standard InChI is InChI=1S/C24H33ClN2O/c1-4-5-6-7-8-9-10-15-28-24-14-12-21(17-23(24)25)18-26-27-22-13-11-19(2)20(3)16-22/h11-14,16-18,27H,4-10,15H2,1-3H3/b26-18+. The van der Waals surface area contributed by atoms with E-state index in [1.807, 2.05) is 24.3 Å². The minimum absolute atomic E-state index is 0.623. The van der Waals surface area contributed by atoms with Crippen molar-refractivity contribution >= 4 is 23.5 Å². The zero-order chi connectivity index (χ0) is 20.2. The highest BCUT2D eigenvalue weighted by Crippen LogP contribution is 2.25. The molecule has 4 heteroatoms. The number of nitrogens with zero attached hydrogens (tertiary/aromatic N) is 1. The SMILES string of the molecule is CCCCCCCCCOc1ccc(/C=N/Nc2ccc(C)c(C)c2)cc1Cl. The van der Waals surface area contributed by atoms with Crippen LogP contribution >= 0.6 is 11.6 Å². The van der Waals surface area contributed by atoms with Crippen molar-refractivity contribution < 1.29 is 4.74 Å². The fourth-order valence-electron chi connectivity index (χ4n) is 2.95. The average Bonchev–Trinajstić information content (AvgIpc) is 2.68. The van der Waals surface area contributed by atoms with E-state index < -0.39 is 0 Å². The molecule has 152 valence electrons. The number of hydrogen-bond donors (Lipinski definition) is 1. The molecule has 0 saturated carbocycles. The molecule has 0 aliphatic carbocycles. The predicted octanol–water partition coefficient (Wildman–Crippen LogP) is 7.53. The lowest BCUT2D eigenvalue weighted by atomic mass is 10.1. The van der Waals surface area contributed by atoms with Gasteiger partial charge in [-0.05, 0) is 67.3 Å². The lowest BCUT2D eigenvalue weighted by Gasteiger charge is -2.08. The number of unbranched alkanes of at least 4 members (excludes halogenated alkanes) is 6. The summed E-state index contributed by atoms with van der Waals surface area (Å²) in [6.07, 6.45) is 10.7. The van der Waals surface area contributed by atoms with Gasteiger partial charge in [0.1, 0.15) is 5.75 Å². The van der Waals surface area contributed by atoms with Gasteiger partial charge in [0.2, 0.25) is 0 Å². The van der Waals surface area contributed by atoms with Crippen LogP contribution in [0.5, 0.6) is 5.75 Å². The maximum absolute atomic E-state index is 6.35. The first kappa shape index (κ1) is 22.3. The smallest absolute Gasteiger partial charge is 0.137 e. The van der Waals surface area contributed by atoms with Crippen molar-refractivity contribution in [2.24, 2.45) is 5.10 Å². The summed E-state index contributed by atoms with van der Waals surface area (Å²) in [6.45, 7) is 7.15. The van der Waals surface area contributed by atoms with Crippen LogP contribution in [0.2, 0.25) is 5.02 Å². The molecule has 2 rings (SSSR count). The van der Waals surface area contributed by atoms with Gasteiger partial charge in [-0.3, -0.25) is 5.43 Å². The minimum atomic E-state index is 0.623. The second kappa shape index (κ2) is 12.5. The quantitative estimate of drug-likeness (QED) is 0.227. The van der Waals surface area contributed by atoms with Gasteiger partial charge in [-0.15, -0.1) is 0 Å². The summed E-state index contributed by atoms with van der Waals surface area (Å²) in [5, 5.41) is 4.92. The molecule has 0 amide bonds. The van der Waals surface area contributed by atoms with Crippen molar-refractivity contribution in [1.29, 1.82) is 0 Å². The summed E-state index contributed by atoms with van der Waals surface area (Å²) < 4.78 is 5.83. The van der Waals surface area contributed by atoms with Crippen LogP contribution in [0.4, 0.5) is 5.69 Å². The van der Waals surface area contributed by atoms with Gasteiger partial charge in [0.25, 0.3) is 0 Å². The first-order chi connectivity index (χ1) is 13.6. The number of halogens is 1. The summed E-state index contributed by atoms with van der Waals surface area (Å²) >= 11 is 6.35. The number of anilines is 1. The normalized spacial score (nSPS) is 11.1. The topological polar surface area (TPSA) is 33.6 Å². The molecular formula is C24H33ClN2O. The molecule has 0 fully saturated rings. The average molecular weight is 401 g/mol. The molecule has 2 aromatic rings. The number of hydrazone groups is 1. The van der Waals surface area contributed by atoms with Gasteiger partial charge in [-0.2, -0.15) is 5.10 Å². The van der Waals surface area contributed by atoms with Gasteiger partial charge >= 0.3 is 0 Å². The van der Waals surface area contributed by atoms with Crippen molar-refractivity contribution in [3.05, 3.63) is 58.1 Å². The maximum atomic E-state index is 6.35. The van der Waals surface area contributed by atoms with E-state index in [1.165, 1.54) is 49.7 Å². The Balaban J connectivity index is 1.74. The van der Waals surface area contributed by atoms with E-state index in [-0.39, 0.29) is 0 Å². The van der Waals surface area contributed by atoms with E-state index in [2.05, 4.69) is 43.4 Å². The molecule has 2 aromatic carbocycles. The van der Waals surface area contributed by atoms with Crippen molar-refractivity contribution in [2.45, 2.75) is 65.7 Å². The Morgan fingerprint density at radius 2 is 1.68 bits per heavy atom. The third kappa shape index (κ3) is 7.93. The summed E-state index contributed by atoms with van der Waals surface area (Å²) in [7, 11) is 0. The molecule has 0 radical (unpaired) electrons. The number of aryl methyl sites for hydroxylation is 2. The van der Waals surface area contributed by atoms with Crippen LogP contribution in [0.3, 0.4) is 0 Å². The number of benzene rings is 2. The number of hydrogen-bond acceptors (Lipinski definition) is 3. The lowest BCUT2D eigenvalue weighted by Crippen LogP contribution is -1.98.